The van der Waals surface area contributed by atoms with Crippen LogP contribution in [-0.4, -0.2) is 32.0 Å². The maximum atomic E-state index is 14.4. The van der Waals surface area contributed by atoms with Crippen LogP contribution in [0.4, 0.5) is 0 Å². The molecule has 0 atom stereocenters. The molecule has 5 heterocycles. The van der Waals surface area contributed by atoms with E-state index >= 15 is 0 Å². The standard InChI is InChI=1S/C35H46N3O2S3/c1-5-7-9-11-13-15-23-36-31(29-20-18-26(4)42-29)32-34(39)37(24-16-14-12-10-8-6-2)33(38(32)35(36)40)30-22-21-28(43-30)27-19-17-25(3)41-27/h17-22H,5-16,23-24H2,1-4H3/q+1. The lowest BCUT2D eigenvalue weighted by Crippen LogP contribution is -2.33. The van der Waals surface area contributed by atoms with Gasteiger partial charge in [0.1, 0.15) is 10.6 Å². The molecular weight excluding hydrogens is 591 g/mol. The summed E-state index contributed by atoms with van der Waals surface area (Å²) < 4.78 is 5.57. The first-order valence-corrected chi connectivity index (χ1v) is 18.7. The predicted molar refractivity (Wildman–Crippen MR) is 185 cm³/mol. The van der Waals surface area contributed by atoms with Gasteiger partial charge in [-0.15, -0.1) is 38.6 Å². The summed E-state index contributed by atoms with van der Waals surface area (Å²) in [5.74, 6) is 0.713. The summed E-state index contributed by atoms with van der Waals surface area (Å²) in [6.45, 7) is 9.95. The molecule has 0 saturated heterocycles. The number of nitrogens with zero attached hydrogens (tertiary/aromatic N) is 3. The van der Waals surface area contributed by atoms with Gasteiger partial charge in [-0.2, -0.15) is 4.58 Å². The SMILES string of the molecule is CCCCCCCCn1c(-c2ccc(C)s2)c2n(c1=O)C(c1ccc(-c3ccc(C)s3)s1)=[N+](CCCCCCCC)C2=O. The second-order valence-corrected chi connectivity index (χ2v) is 15.4. The average molecular weight is 637 g/mol. The van der Waals surface area contributed by atoms with Crippen molar-refractivity contribution in [3.63, 3.8) is 0 Å². The summed E-state index contributed by atoms with van der Waals surface area (Å²) in [5, 5.41) is 0. The van der Waals surface area contributed by atoms with E-state index < -0.39 is 0 Å². The van der Waals surface area contributed by atoms with Crippen molar-refractivity contribution in [3.8, 4) is 20.3 Å². The zero-order chi connectivity index (χ0) is 30.3. The third-order valence-electron chi connectivity index (χ3n) is 8.31. The summed E-state index contributed by atoms with van der Waals surface area (Å²) in [6.07, 6.45) is 13.9. The van der Waals surface area contributed by atoms with Gasteiger partial charge in [0.05, 0.1) is 11.4 Å². The second-order valence-electron chi connectivity index (χ2n) is 11.8. The van der Waals surface area contributed by atoms with Crippen LogP contribution in [0, 0.1) is 13.8 Å². The molecule has 4 aromatic heterocycles. The molecule has 1 aliphatic heterocycles. The van der Waals surface area contributed by atoms with Crippen molar-refractivity contribution in [2.24, 2.45) is 0 Å². The number of aromatic nitrogens is 2. The fourth-order valence-corrected chi connectivity index (χ4v) is 8.94. The van der Waals surface area contributed by atoms with Gasteiger partial charge in [-0.3, -0.25) is 4.57 Å². The molecule has 230 valence electrons. The highest BCUT2D eigenvalue weighted by Gasteiger charge is 2.46. The Bertz CT molecular complexity index is 1630. The first-order chi connectivity index (χ1) is 20.9. The quantitative estimate of drug-likeness (QED) is 0.0855. The fourth-order valence-electron chi connectivity index (χ4n) is 6.01. The molecule has 43 heavy (non-hydrogen) atoms. The molecule has 0 saturated carbocycles. The molecule has 0 fully saturated rings. The molecule has 0 radical (unpaired) electrons. The summed E-state index contributed by atoms with van der Waals surface area (Å²) in [4.78, 5) is 35.6. The van der Waals surface area contributed by atoms with Crippen LogP contribution in [0.25, 0.3) is 20.3 Å². The van der Waals surface area contributed by atoms with Crippen LogP contribution in [0.5, 0.6) is 0 Å². The highest BCUT2D eigenvalue weighted by Crippen LogP contribution is 2.37. The van der Waals surface area contributed by atoms with Crippen LogP contribution in [-0.2, 0) is 6.54 Å². The van der Waals surface area contributed by atoms with Crippen LogP contribution >= 0.6 is 34.0 Å². The van der Waals surface area contributed by atoms with E-state index in [1.807, 2.05) is 9.14 Å². The molecular formula is C35H46N3O2S3+. The van der Waals surface area contributed by atoms with E-state index in [0.29, 0.717) is 18.8 Å². The summed E-state index contributed by atoms with van der Waals surface area (Å²) in [5.41, 5.74) is 1.26. The van der Waals surface area contributed by atoms with E-state index in [-0.39, 0.29) is 11.6 Å². The van der Waals surface area contributed by atoms with Gasteiger partial charge in [0.2, 0.25) is 0 Å². The van der Waals surface area contributed by atoms with Crippen LogP contribution in [0.1, 0.15) is 116 Å². The van der Waals surface area contributed by atoms with Gasteiger partial charge in [0.15, 0.2) is 0 Å². The summed E-state index contributed by atoms with van der Waals surface area (Å²) in [6, 6.07) is 12.7. The topological polar surface area (TPSA) is 47.0 Å². The minimum atomic E-state index is -0.0830. The lowest BCUT2D eigenvalue weighted by atomic mass is 10.1. The van der Waals surface area contributed by atoms with Crippen LogP contribution in [0.2, 0.25) is 0 Å². The van der Waals surface area contributed by atoms with Gasteiger partial charge in [0, 0.05) is 26.1 Å². The molecule has 4 aromatic rings. The highest BCUT2D eigenvalue weighted by molar-refractivity contribution is 7.23. The van der Waals surface area contributed by atoms with E-state index in [9.17, 15) is 9.59 Å². The maximum Gasteiger partial charge on any atom is 0.421 e. The van der Waals surface area contributed by atoms with Crippen molar-refractivity contribution < 1.29 is 9.37 Å². The number of hydrogen-bond donors (Lipinski definition) is 0. The lowest BCUT2D eigenvalue weighted by Gasteiger charge is -2.07. The third-order valence-corrected chi connectivity index (χ3v) is 11.6. The Hall–Kier alpha value is -2.55. The van der Waals surface area contributed by atoms with Crippen molar-refractivity contribution in [1.82, 2.24) is 9.13 Å². The number of fused-ring (bicyclic) bond motifs is 1. The van der Waals surface area contributed by atoms with Gasteiger partial charge in [0.25, 0.3) is 5.69 Å². The van der Waals surface area contributed by atoms with E-state index in [2.05, 4.69) is 64.1 Å². The Morgan fingerprint density at radius 1 is 0.605 bits per heavy atom. The predicted octanol–water partition coefficient (Wildman–Crippen LogP) is 9.97. The minimum absolute atomic E-state index is 0.0367. The van der Waals surface area contributed by atoms with Crippen molar-refractivity contribution in [3.05, 3.63) is 67.2 Å². The van der Waals surface area contributed by atoms with Gasteiger partial charge in [-0.1, -0.05) is 71.6 Å². The third kappa shape index (κ3) is 7.07. The molecule has 0 N–H and O–H groups in total. The number of carbonyl (C=O) groups excluding carboxylic acids is 1. The zero-order valence-corrected chi connectivity index (χ0v) is 28.7. The molecule has 0 unspecified atom stereocenters. The van der Waals surface area contributed by atoms with Gasteiger partial charge < -0.3 is 0 Å². The van der Waals surface area contributed by atoms with E-state index in [4.69, 9.17) is 0 Å². The summed E-state index contributed by atoms with van der Waals surface area (Å²) in [7, 11) is 0. The molecule has 1 aliphatic rings. The van der Waals surface area contributed by atoms with Crippen molar-refractivity contribution in [2.75, 3.05) is 6.54 Å². The average Bonchev–Trinajstić information content (AvgIpc) is 3.82. The lowest BCUT2D eigenvalue weighted by molar-refractivity contribution is -0.426. The van der Waals surface area contributed by atoms with Crippen molar-refractivity contribution in [1.29, 1.82) is 0 Å². The molecule has 5 nitrogen and oxygen atoms in total. The Balaban J connectivity index is 1.55. The number of carbonyl (C=O) groups is 1. The van der Waals surface area contributed by atoms with Gasteiger partial charge in [-0.05, 0) is 69.5 Å². The zero-order valence-electron chi connectivity index (χ0n) is 26.2. The molecule has 1 amide bonds. The normalized spacial score (nSPS) is 13.1. The van der Waals surface area contributed by atoms with Crippen LogP contribution in [0.15, 0.2) is 41.2 Å². The molecule has 0 aromatic carbocycles. The van der Waals surface area contributed by atoms with E-state index in [1.54, 1.807) is 38.6 Å². The second kappa shape index (κ2) is 15.0. The molecule has 0 spiro atoms. The van der Waals surface area contributed by atoms with Crippen LogP contribution in [0.3, 0.4) is 0 Å². The van der Waals surface area contributed by atoms with E-state index in [1.165, 1.54) is 70.9 Å². The van der Waals surface area contributed by atoms with Gasteiger partial charge in [-0.25, -0.2) is 9.59 Å². The smallest absolute Gasteiger partial charge is 0.268 e. The number of rotatable bonds is 17. The molecule has 0 aliphatic carbocycles. The number of aryl methyl sites for hydroxylation is 2. The molecule has 0 bridgehead atoms. The molecule has 8 heteroatoms. The minimum Gasteiger partial charge on any atom is -0.268 e. The van der Waals surface area contributed by atoms with E-state index in [0.717, 1.165) is 47.0 Å². The number of thiophene rings is 3. The number of amides is 1. The Morgan fingerprint density at radius 3 is 1.77 bits per heavy atom. The Kier molecular flexibility index (Phi) is 11.1. The maximum absolute atomic E-state index is 14.4. The number of imidazole rings is 1. The first kappa shape index (κ1) is 31.9. The van der Waals surface area contributed by atoms with Crippen molar-refractivity contribution >= 4 is 45.8 Å². The van der Waals surface area contributed by atoms with Gasteiger partial charge >= 0.3 is 17.4 Å². The monoisotopic (exact) mass is 636 g/mol. The largest absolute Gasteiger partial charge is 0.421 e. The highest BCUT2D eigenvalue weighted by atomic mass is 32.1. The first-order valence-electron chi connectivity index (χ1n) is 16.2. The fraction of sp³-hybridized carbons (Fsp3) is 0.514. The Labute approximate surface area is 268 Å². The molecule has 5 rings (SSSR count). The summed E-state index contributed by atoms with van der Waals surface area (Å²) >= 11 is 5.13. The number of unbranched alkanes of at least 4 members (excludes halogenated alkanes) is 10. The number of hydrogen-bond acceptors (Lipinski definition) is 5. The van der Waals surface area contributed by atoms with Crippen molar-refractivity contribution in [2.45, 2.75) is 111 Å². The Morgan fingerprint density at radius 2 is 1.14 bits per heavy atom. The van der Waals surface area contributed by atoms with Crippen LogP contribution < -0.4 is 5.69 Å².